The SMILES string of the molecule is Cc1[nH]ncc1S(=O)(=O)N1CCCC(N)C1.Cl. The second-order valence-electron chi connectivity index (χ2n) is 4.12. The number of piperidine rings is 1. The first-order chi connectivity index (χ1) is 7.51. The summed E-state index contributed by atoms with van der Waals surface area (Å²) in [6, 6.07) is -0.0595. The summed E-state index contributed by atoms with van der Waals surface area (Å²) >= 11 is 0. The van der Waals surface area contributed by atoms with Crippen LogP contribution in [-0.2, 0) is 10.0 Å². The predicted octanol–water partition coefficient (Wildman–Crippen LogP) is 0.252. The summed E-state index contributed by atoms with van der Waals surface area (Å²) < 4.78 is 25.9. The molecule has 0 bridgehead atoms. The van der Waals surface area contributed by atoms with Crippen molar-refractivity contribution in [3.05, 3.63) is 11.9 Å². The van der Waals surface area contributed by atoms with E-state index in [-0.39, 0.29) is 23.3 Å². The Morgan fingerprint density at radius 2 is 2.29 bits per heavy atom. The number of halogens is 1. The van der Waals surface area contributed by atoms with E-state index in [1.807, 2.05) is 0 Å². The fourth-order valence-electron chi connectivity index (χ4n) is 1.93. The second kappa shape index (κ2) is 5.34. The van der Waals surface area contributed by atoms with Crippen LogP contribution in [0.3, 0.4) is 0 Å². The summed E-state index contributed by atoms with van der Waals surface area (Å²) in [7, 11) is -3.42. The van der Waals surface area contributed by atoms with Gasteiger partial charge in [0, 0.05) is 19.1 Å². The Hall–Kier alpha value is -0.630. The first kappa shape index (κ1) is 14.4. The van der Waals surface area contributed by atoms with Crippen LogP contribution in [-0.4, -0.2) is 42.1 Å². The average molecular weight is 281 g/mol. The van der Waals surface area contributed by atoms with Crippen molar-refractivity contribution < 1.29 is 8.42 Å². The van der Waals surface area contributed by atoms with Gasteiger partial charge in [-0.2, -0.15) is 9.40 Å². The first-order valence-corrected chi connectivity index (χ1v) is 6.71. The van der Waals surface area contributed by atoms with Crippen molar-refractivity contribution in [3.63, 3.8) is 0 Å². The van der Waals surface area contributed by atoms with Gasteiger partial charge in [0.05, 0.1) is 11.9 Å². The molecule has 1 aliphatic heterocycles. The molecule has 0 amide bonds. The van der Waals surface area contributed by atoms with Crippen molar-refractivity contribution in [1.29, 1.82) is 0 Å². The lowest BCUT2D eigenvalue weighted by molar-refractivity contribution is 0.316. The van der Waals surface area contributed by atoms with Gasteiger partial charge >= 0.3 is 0 Å². The lowest BCUT2D eigenvalue weighted by atomic mass is 10.1. The van der Waals surface area contributed by atoms with Gasteiger partial charge in [-0.25, -0.2) is 8.42 Å². The number of rotatable bonds is 2. The molecule has 1 fully saturated rings. The number of nitrogens with one attached hydrogen (secondary N) is 1. The molecule has 3 N–H and O–H groups in total. The molecule has 1 aliphatic rings. The van der Waals surface area contributed by atoms with Crippen molar-refractivity contribution in [2.24, 2.45) is 5.73 Å². The third kappa shape index (κ3) is 2.79. The molecular formula is C9H17ClN4O2S. The highest BCUT2D eigenvalue weighted by Crippen LogP contribution is 2.21. The minimum Gasteiger partial charge on any atom is -0.327 e. The minimum absolute atomic E-state index is 0. The Balaban J connectivity index is 0.00000144. The summed E-state index contributed by atoms with van der Waals surface area (Å²) in [5.41, 5.74) is 6.35. The topological polar surface area (TPSA) is 92.1 Å². The van der Waals surface area contributed by atoms with Gasteiger partial charge in [-0.15, -0.1) is 12.4 Å². The molecule has 1 atom stereocenters. The maximum atomic E-state index is 12.2. The molecular weight excluding hydrogens is 264 g/mol. The Morgan fingerprint density at radius 1 is 1.59 bits per heavy atom. The van der Waals surface area contributed by atoms with Crippen LogP contribution in [0.5, 0.6) is 0 Å². The largest absolute Gasteiger partial charge is 0.327 e. The number of hydrogen-bond acceptors (Lipinski definition) is 4. The van der Waals surface area contributed by atoms with E-state index in [9.17, 15) is 8.42 Å². The van der Waals surface area contributed by atoms with Crippen LogP contribution in [0.15, 0.2) is 11.1 Å². The zero-order chi connectivity index (χ0) is 11.8. The van der Waals surface area contributed by atoms with E-state index in [0.717, 1.165) is 12.8 Å². The smallest absolute Gasteiger partial charge is 0.246 e. The second-order valence-corrected chi connectivity index (χ2v) is 6.03. The van der Waals surface area contributed by atoms with Crippen LogP contribution in [0.4, 0.5) is 0 Å². The summed E-state index contributed by atoms with van der Waals surface area (Å²) in [5.74, 6) is 0. The third-order valence-corrected chi connectivity index (χ3v) is 4.80. The number of aromatic nitrogens is 2. The lowest BCUT2D eigenvalue weighted by Crippen LogP contribution is -2.45. The highest BCUT2D eigenvalue weighted by molar-refractivity contribution is 7.89. The van der Waals surface area contributed by atoms with Gasteiger partial charge in [0.15, 0.2) is 0 Å². The van der Waals surface area contributed by atoms with E-state index in [4.69, 9.17) is 5.73 Å². The fraction of sp³-hybridized carbons (Fsp3) is 0.667. The van der Waals surface area contributed by atoms with E-state index in [1.165, 1.54) is 10.5 Å². The van der Waals surface area contributed by atoms with Crippen molar-refractivity contribution in [2.75, 3.05) is 13.1 Å². The number of hydrogen-bond donors (Lipinski definition) is 2. The molecule has 0 spiro atoms. The molecule has 8 heteroatoms. The van der Waals surface area contributed by atoms with Crippen LogP contribution in [0, 0.1) is 6.92 Å². The number of H-pyrrole nitrogens is 1. The van der Waals surface area contributed by atoms with E-state index < -0.39 is 10.0 Å². The molecule has 0 radical (unpaired) electrons. The number of nitrogens with zero attached hydrogens (tertiary/aromatic N) is 2. The van der Waals surface area contributed by atoms with Crippen molar-refractivity contribution in [2.45, 2.75) is 30.7 Å². The van der Waals surface area contributed by atoms with Crippen LogP contribution < -0.4 is 5.73 Å². The van der Waals surface area contributed by atoms with Crippen LogP contribution in [0.1, 0.15) is 18.5 Å². The summed E-state index contributed by atoms with van der Waals surface area (Å²) in [6.45, 7) is 2.64. The standard InChI is InChI=1S/C9H16N4O2S.ClH/c1-7-9(5-11-12-7)16(14,15)13-4-2-3-8(10)6-13;/h5,8H,2-4,6,10H2,1H3,(H,11,12);1H. The maximum absolute atomic E-state index is 12.2. The monoisotopic (exact) mass is 280 g/mol. The number of nitrogens with two attached hydrogens (primary N) is 1. The molecule has 2 heterocycles. The summed E-state index contributed by atoms with van der Waals surface area (Å²) in [6.07, 6.45) is 3.05. The van der Waals surface area contributed by atoms with Gasteiger partial charge in [0.25, 0.3) is 0 Å². The highest BCUT2D eigenvalue weighted by atomic mass is 35.5. The highest BCUT2D eigenvalue weighted by Gasteiger charge is 2.30. The molecule has 98 valence electrons. The Kier molecular flexibility index (Phi) is 4.54. The van der Waals surface area contributed by atoms with E-state index >= 15 is 0 Å². The summed E-state index contributed by atoms with van der Waals surface area (Å²) in [4.78, 5) is 0.251. The average Bonchev–Trinajstić information content (AvgIpc) is 2.65. The summed E-state index contributed by atoms with van der Waals surface area (Å²) in [5, 5.41) is 6.38. The molecule has 6 nitrogen and oxygen atoms in total. The fourth-order valence-corrected chi connectivity index (χ4v) is 3.58. The van der Waals surface area contributed by atoms with Gasteiger partial charge in [0.1, 0.15) is 4.90 Å². The van der Waals surface area contributed by atoms with Gasteiger partial charge in [-0.1, -0.05) is 0 Å². The zero-order valence-electron chi connectivity index (χ0n) is 9.59. The van der Waals surface area contributed by atoms with Crippen molar-refractivity contribution in [3.8, 4) is 0 Å². The van der Waals surface area contributed by atoms with E-state index in [0.29, 0.717) is 18.8 Å². The van der Waals surface area contributed by atoms with Gasteiger partial charge in [-0.05, 0) is 19.8 Å². The Bertz CT molecular complexity index is 473. The lowest BCUT2D eigenvalue weighted by Gasteiger charge is -2.29. The quantitative estimate of drug-likeness (QED) is 0.812. The molecule has 0 aromatic carbocycles. The molecule has 1 saturated heterocycles. The Labute approximate surface area is 107 Å². The molecule has 0 saturated carbocycles. The first-order valence-electron chi connectivity index (χ1n) is 5.27. The molecule has 1 unspecified atom stereocenters. The minimum atomic E-state index is -3.42. The van der Waals surface area contributed by atoms with Gasteiger partial charge in [-0.3, -0.25) is 5.10 Å². The third-order valence-electron chi connectivity index (χ3n) is 2.82. The van der Waals surface area contributed by atoms with Crippen LogP contribution in [0.25, 0.3) is 0 Å². The van der Waals surface area contributed by atoms with Crippen LogP contribution >= 0.6 is 12.4 Å². The number of sulfonamides is 1. The molecule has 2 rings (SSSR count). The van der Waals surface area contributed by atoms with E-state index in [1.54, 1.807) is 6.92 Å². The van der Waals surface area contributed by atoms with Gasteiger partial charge in [0.2, 0.25) is 10.0 Å². The van der Waals surface area contributed by atoms with Crippen LogP contribution in [0.2, 0.25) is 0 Å². The molecule has 17 heavy (non-hydrogen) atoms. The number of aromatic amines is 1. The molecule has 0 aliphatic carbocycles. The Morgan fingerprint density at radius 3 is 2.82 bits per heavy atom. The number of aryl methyl sites for hydroxylation is 1. The maximum Gasteiger partial charge on any atom is 0.246 e. The van der Waals surface area contributed by atoms with Gasteiger partial charge < -0.3 is 5.73 Å². The zero-order valence-corrected chi connectivity index (χ0v) is 11.2. The van der Waals surface area contributed by atoms with E-state index in [2.05, 4.69) is 10.2 Å². The van der Waals surface area contributed by atoms with Crippen molar-refractivity contribution >= 4 is 22.4 Å². The predicted molar refractivity (Wildman–Crippen MR) is 66.5 cm³/mol. The normalized spacial score (nSPS) is 22.1. The molecule has 1 aromatic rings. The van der Waals surface area contributed by atoms with Crippen molar-refractivity contribution in [1.82, 2.24) is 14.5 Å². The molecule has 1 aromatic heterocycles.